The second-order valence-electron chi connectivity index (χ2n) is 3.44. The van der Waals surface area contributed by atoms with E-state index in [9.17, 15) is 18.4 Å². The van der Waals surface area contributed by atoms with Gasteiger partial charge in [0.05, 0.1) is 0 Å². The molecule has 2 N–H and O–H groups in total. The van der Waals surface area contributed by atoms with Crippen LogP contribution in [-0.4, -0.2) is 29.6 Å². The summed E-state index contributed by atoms with van der Waals surface area (Å²) in [7, 11) is 0. The second-order valence-corrected chi connectivity index (χ2v) is 3.44. The normalized spacial score (nSPS) is 12.0. The summed E-state index contributed by atoms with van der Waals surface area (Å²) in [4.78, 5) is 22.1. The molecule has 1 aromatic carbocycles. The minimum atomic E-state index is -2.98. The third-order valence-electron chi connectivity index (χ3n) is 2.04. The maximum atomic E-state index is 12.0. The van der Waals surface area contributed by atoms with Crippen LogP contribution in [0, 0.1) is 0 Å². The maximum Gasteiger partial charge on any atom is 0.387 e. The number of nitrogens with one attached hydrogen (secondary N) is 1. The molecule has 1 aromatic rings. The summed E-state index contributed by atoms with van der Waals surface area (Å²) in [6, 6.07) is 4.03. The molecule has 0 aliphatic heterocycles. The Morgan fingerprint density at radius 2 is 2.06 bits per heavy atom. The number of amides is 1. The average molecular weight is 259 g/mol. The van der Waals surface area contributed by atoms with Gasteiger partial charge in [-0.25, -0.2) is 0 Å². The van der Waals surface area contributed by atoms with E-state index in [4.69, 9.17) is 5.11 Å². The second kappa shape index (κ2) is 5.95. The Bertz CT molecular complexity index is 450. The van der Waals surface area contributed by atoms with E-state index in [0.29, 0.717) is 0 Å². The topological polar surface area (TPSA) is 75.6 Å². The van der Waals surface area contributed by atoms with E-state index in [0.717, 1.165) is 6.07 Å². The highest BCUT2D eigenvalue weighted by atomic mass is 19.3. The highest BCUT2D eigenvalue weighted by molar-refractivity contribution is 5.96. The summed E-state index contributed by atoms with van der Waals surface area (Å²) in [5.74, 6) is -2.03. The molecule has 1 rings (SSSR count). The van der Waals surface area contributed by atoms with Gasteiger partial charge in [-0.3, -0.25) is 9.59 Å². The molecule has 0 fully saturated rings. The first-order valence-electron chi connectivity index (χ1n) is 4.98. The smallest absolute Gasteiger partial charge is 0.387 e. The van der Waals surface area contributed by atoms with Gasteiger partial charge in [0.1, 0.15) is 11.8 Å². The molecule has 5 nitrogen and oxygen atoms in total. The van der Waals surface area contributed by atoms with Crippen LogP contribution in [0.5, 0.6) is 5.75 Å². The van der Waals surface area contributed by atoms with Crippen molar-refractivity contribution in [1.82, 2.24) is 5.32 Å². The van der Waals surface area contributed by atoms with E-state index in [1.807, 2.05) is 0 Å². The number of hydrogen-bond acceptors (Lipinski definition) is 3. The minimum Gasteiger partial charge on any atom is -0.480 e. The Balaban J connectivity index is 2.77. The average Bonchev–Trinajstić information content (AvgIpc) is 2.28. The number of carbonyl (C=O) groups is 2. The molecule has 0 aliphatic carbocycles. The molecule has 1 amide bonds. The number of hydrogen-bond donors (Lipinski definition) is 2. The molecule has 18 heavy (non-hydrogen) atoms. The first-order chi connectivity index (χ1) is 8.40. The number of benzene rings is 1. The molecule has 0 aromatic heterocycles. The van der Waals surface area contributed by atoms with Crippen molar-refractivity contribution in [3.05, 3.63) is 29.8 Å². The van der Waals surface area contributed by atoms with Crippen molar-refractivity contribution >= 4 is 11.9 Å². The summed E-state index contributed by atoms with van der Waals surface area (Å²) in [5, 5.41) is 10.8. The molecule has 98 valence electrons. The third kappa shape index (κ3) is 4.00. The molecule has 0 aliphatic rings. The van der Waals surface area contributed by atoms with Crippen LogP contribution in [0.4, 0.5) is 8.78 Å². The van der Waals surface area contributed by atoms with Crippen LogP contribution in [0.3, 0.4) is 0 Å². The molecule has 0 heterocycles. The van der Waals surface area contributed by atoms with E-state index in [-0.39, 0.29) is 11.3 Å². The number of carboxylic acids is 1. The zero-order valence-corrected chi connectivity index (χ0v) is 9.39. The first kappa shape index (κ1) is 13.9. The van der Waals surface area contributed by atoms with Crippen LogP contribution in [0.1, 0.15) is 17.3 Å². The van der Waals surface area contributed by atoms with Crippen LogP contribution in [0.15, 0.2) is 24.3 Å². The van der Waals surface area contributed by atoms with Crippen molar-refractivity contribution in [3.8, 4) is 5.75 Å². The van der Waals surface area contributed by atoms with E-state index in [1.54, 1.807) is 0 Å². The molecule has 0 unspecified atom stereocenters. The van der Waals surface area contributed by atoms with Crippen molar-refractivity contribution in [1.29, 1.82) is 0 Å². The third-order valence-corrected chi connectivity index (χ3v) is 2.04. The predicted molar refractivity (Wildman–Crippen MR) is 57.6 cm³/mol. The van der Waals surface area contributed by atoms with Crippen molar-refractivity contribution in [2.24, 2.45) is 0 Å². The van der Waals surface area contributed by atoms with Crippen molar-refractivity contribution < 1.29 is 28.2 Å². The Morgan fingerprint density at radius 3 is 2.61 bits per heavy atom. The number of halogens is 2. The summed E-state index contributed by atoms with van der Waals surface area (Å²) in [5.41, 5.74) is 0.0428. The SMILES string of the molecule is C[C@H](NC(=O)c1cccc(OC(F)F)c1)C(=O)O. The van der Waals surface area contributed by atoms with Crippen LogP contribution in [-0.2, 0) is 4.79 Å². The van der Waals surface area contributed by atoms with Gasteiger partial charge < -0.3 is 15.2 Å². The van der Waals surface area contributed by atoms with Crippen LogP contribution >= 0.6 is 0 Å². The standard InChI is InChI=1S/C11H11F2NO4/c1-6(10(16)17)14-9(15)7-3-2-4-8(5-7)18-11(12)13/h2-6,11H,1H3,(H,14,15)(H,16,17)/t6-/m0/s1. The van der Waals surface area contributed by atoms with Crippen LogP contribution in [0.2, 0.25) is 0 Å². The van der Waals surface area contributed by atoms with Crippen LogP contribution in [0.25, 0.3) is 0 Å². The van der Waals surface area contributed by atoms with Crippen LogP contribution < -0.4 is 10.1 Å². The van der Waals surface area contributed by atoms with Gasteiger partial charge in [0.25, 0.3) is 5.91 Å². The Labute approximate surface area is 101 Å². The number of carbonyl (C=O) groups excluding carboxylic acids is 1. The predicted octanol–water partition coefficient (Wildman–Crippen LogP) is 1.49. The van der Waals surface area contributed by atoms with Crippen molar-refractivity contribution in [3.63, 3.8) is 0 Å². The Kier molecular flexibility index (Phi) is 4.59. The molecule has 0 radical (unpaired) electrons. The van der Waals surface area contributed by atoms with Crippen molar-refractivity contribution in [2.45, 2.75) is 19.6 Å². The Morgan fingerprint density at radius 1 is 1.39 bits per heavy atom. The number of alkyl halides is 2. The molecule has 0 saturated heterocycles. The van der Waals surface area contributed by atoms with Gasteiger partial charge in [-0.05, 0) is 25.1 Å². The van der Waals surface area contributed by atoms with Gasteiger partial charge in [-0.1, -0.05) is 6.07 Å². The minimum absolute atomic E-state index is 0.0428. The lowest BCUT2D eigenvalue weighted by Crippen LogP contribution is -2.38. The van der Waals surface area contributed by atoms with Gasteiger partial charge in [0.15, 0.2) is 0 Å². The number of rotatable bonds is 5. The lowest BCUT2D eigenvalue weighted by atomic mass is 10.2. The Hall–Kier alpha value is -2.18. The van der Waals surface area contributed by atoms with Gasteiger partial charge in [-0.2, -0.15) is 8.78 Å². The van der Waals surface area contributed by atoms with E-state index in [1.165, 1.54) is 25.1 Å². The molecular weight excluding hydrogens is 248 g/mol. The van der Waals surface area contributed by atoms with Gasteiger partial charge in [0, 0.05) is 5.56 Å². The van der Waals surface area contributed by atoms with Gasteiger partial charge in [-0.15, -0.1) is 0 Å². The van der Waals surface area contributed by atoms with Gasteiger partial charge in [0.2, 0.25) is 0 Å². The molecule has 0 bridgehead atoms. The molecule has 0 saturated carbocycles. The zero-order chi connectivity index (χ0) is 13.7. The molecule has 7 heteroatoms. The summed E-state index contributed by atoms with van der Waals surface area (Å²) in [6.45, 7) is -1.69. The van der Waals surface area contributed by atoms with Crippen molar-refractivity contribution in [2.75, 3.05) is 0 Å². The number of ether oxygens (including phenoxy) is 1. The fraction of sp³-hybridized carbons (Fsp3) is 0.273. The lowest BCUT2D eigenvalue weighted by molar-refractivity contribution is -0.138. The van der Waals surface area contributed by atoms with E-state index in [2.05, 4.69) is 10.1 Å². The fourth-order valence-electron chi connectivity index (χ4n) is 1.16. The maximum absolute atomic E-state index is 12.0. The highest BCUT2D eigenvalue weighted by Gasteiger charge is 2.16. The number of carboxylic acid groups (broad SMARTS) is 1. The first-order valence-corrected chi connectivity index (χ1v) is 4.98. The highest BCUT2D eigenvalue weighted by Crippen LogP contribution is 2.15. The fourth-order valence-corrected chi connectivity index (χ4v) is 1.16. The largest absolute Gasteiger partial charge is 0.480 e. The summed E-state index contributed by atoms with van der Waals surface area (Å²) < 4.78 is 28.1. The summed E-state index contributed by atoms with van der Waals surface area (Å²) >= 11 is 0. The molecular formula is C11H11F2NO4. The van der Waals surface area contributed by atoms with E-state index < -0.39 is 24.5 Å². The zero-order valence-electron chi connectivity index (χ0n) is 9.39. The lowest BCUT2D eigenvalue weighted by Gasteiger charge is -2.10. The van der Waals surface area contributed by atoms with E-state index >= 15 is 0 Å². The monoisotopic (exact) mass is 259 g/mol. The summed E-state index contributed by atoms with van der Waals surface area (Å²) in [6.07, 6.45) is 0. The quantitative estimate of drug-likeness (QED) is 0.840. The molecule has 0 spiro atoms. The molecule has 1 atom stereocenters. The number of aliphatic carboxylic acids is 1. The van der Waals surface area contributed by atoms with Gasteiger partial charge >= 0.3 is 12.6 Å².